The van der Waals surface area contributed by atoms with Crippen molar-refractivity contribution in [1.82, 2.24) is 9.88 Å². The lowest BCUT2D eigenvalue weighted by atomic mass is 10.0. The highest BCUT2D eigenvalue weighted by Gasteiger charge is 2.41. The molecule has 1 N–H and O–H groups in total. The van der Waals surface area contributed by atoms with Gasteiger partial charge in [0.2, 0.25) is 0 Å². The van der Waals surface area contributed by atoms with Gasteiger partial charge in [-0.1, -0.05) is 12.1 Å². The van der Waals surface area contributed by atoms with Crippen LogP contribution in [0.4, 0.5) is 4.39 Å². The maximum absolute atomic E-state index is 13.2. The number of aromatic hydroxyl groups is 1. The Balaban J connectivity index is 1.25. The standard InChI is InChI=1S/C20H23FN2O2/c21-17-9-20(11-22-10-17)25-19-7-15-12-23(13-16(15)8-19)6-5-14-1-3-18(24)4-2-14/h1-4,9-11,15-16,19,24H,5-8,12-13H2/t15-,16+,19?. The van der Waals surface area contributed by atoms with Gasteiger partial charge in [0.15, 0.2) is 0 Å². The van der Waals surface area contributed by atoms with E-state index in [2.05, 4.69) is 9.88 Å². The number of phenolic OH excluding ortho intramolecular Hbond substituents is 1. The SMILES string of the molecule is Oc1ccc(CCN2C[C@H]3CC(Oc4cncc(F)c4)C[C@H]3C2)cc1. The summed E-state index contributed by atoms with van der Waals surface area (Å²) in [6.45, 7) is 3.28. The number of pyridine rings is 1. The fourth-order valence-electron chi connectivity index (χ4n) is 4.22. The largest absolute Gasteiger partial charge is 0.508 e. The molecular weight excluding hydrogens is 319 g/mol. The van der Waals surface area contributed by atoms with Crippen molar-refractivity contribution >= 4 is 0 Å². The average molecular weight is 342 g/mol. The van der Waals surface area contributed by atoms with Gasteiger partial charge in [0.05, 0.1) is 18.5 Å². The molecule has 25 heavy (non-hydrogen) atoms. The van der Waals surface area contributed by atoms with Gasteiger partial charge in [-0.15, -0.1) is 0 Å². The normalized spacial score (nSPS) is 25.9. The van der Waals surface area contributed by atoms with E-state index in [-0.39, 0.29) is 11.9 Å². The molecule has 4 nitrogen and oxygen atoms in total. The van der Waals surface area contributed by atoms with E-state index in [4.69, 9.17) is 4.74 Å². The minimum Gasteiger partial charge on any atom is -0.508 e. The zero-order valence-corrected chi connectivity index (χ0v) is 14.1. The van der Waals surface area contributed by atoms with Crippen LogP contribution in [-0.4, -0.2) is 40.7 Å². The predicted molar refractivity (Wildman–Crippen MR) is 93.1 cm³/mol. The monoisotopic (exact) mass is 342 g/mol. The number of halogens is 1. The maximum Gasteiger partial charge on any atom is 0.145 e. The van der Waals surface area contributed by atoms with Crippen LogP contribution in [0.3, 0.4) is 0 Å². The highest BCUT2D eigenvalue weighted by Crippen LogP contribution is 2.39. The second-order valence-electron chi connectivity index (χ2n) is 7.25. The molecule has 4 rings (SSSR count). The number of rotatable bonds is 5. The number of likely N-dealkylation sites (tertiary alicyclic amines) is 1. The molecular formula is C20H23FN2O2. The topological polar surface area (TPSA) is 45.6 Å². The maximum atomic E-state index is 13.2. The molecule has 0 amide bonds. The van der Waals surface area contributed by atoms with E-state index < -0.39 is 0 Å². The van der Waals surface area contributed by atoms with Crippen LogP contribution in [-0.2, 0) is 6.42 Å². The summed E-state index contributed by atoms with van der Waals surface area (Å²) >= 11 is 0. The number of hydrogen-bond donors (Lipinski definition) is 1. The first-order chi connectivity index (χ1) is 12.2. The second-order valence-corrected chi connectivity index (χ2v) is 7.25. The van der Waals surface area contributed by atoms with Gasteiger partial charge >= 0.3 is 0 Å². The molecule has 5 heteroatoms. The van der Waals surface area contributed by atoms with Crippen LogP contribution in [0.15, 0.2) is 42.7 Å². The third-order valence-electron chi connectivity index (χ3n) is 5.42. The first kappa shape index (κ1) is 16.3. The summed E-state index contributed by atoms with van der Waals surface area (Å²) in [6.07, 6.45) is 6.05. The summed E-state index contributed by atoms with van der Waals surface area (Å²) in [5.41, 5.74) is 1.26. The van der Waals surface area contributed by atoms with Crippen molar-refractivity contribution in [3.63, 3.8) is 0 Å². The van der Waals surface area contributed by atoms with Crippen LogP contribution in [0.5, 0.6) is 11.5 Å². The predicted octanol–water partition coefficient (Wildman–Crippen LogP) is 3.26. The van der Waals surface area contributed by atoms with Crippen molar-refractivity contribution < 1.29 is 14.2 Å². The van der Waals surface area contributed by atoms with Crippen molar-refractivity contribution in [3.8, 4) is 11.5 Å². The molecule has 1 aliphatic carbocycles. The number of nitrogens with zero attached hydrogens (tertiary/aromatic N) is 2. The number of ether oxygens (including phenoxy) is 1. The van der Waals surface area contributed by atoms with Crippen LogP contribution < -0.4 is 4.74 Å². The minimum absolute atomic E-state index is 0.179. The van der Waals surface area contributed by atoms with Crippen LogP contribution in [0.2, 0.25) is 0 Å². The molecule has 1 unspecified atom stereocenters. The average Bonchev–Trinajstić information content (AvgIpc) is 3.12. The Morgan fingerprint density at radius 1 is 1.12 bits per heavy atom. The first-order valence-corrected chi connectivity index (χ1v) is 8.93. The lowest BCUT2D eigenvalue weighted by Crippen LogP contribution is -2.26. The highest BCUT2D eigenvalue weighted by atomic mass is 19.1. The Bertz CT molecular complexity index is 708. The number of hydrogen-bond acceptors (Lipinski definition) is 4. The van der Waals surface area contributed by atoms with Gasteiger partial charge < -0.3 is 14.7 Å². The van der Waals surface area contributed by atoms with Gasteiger partial charge in [-0.25, -0.2) is 4.39 Å². The summed E-state index contributed by atoms with van der Waals surface area (Å²) < 4.78 is 19.1. The van der Waals surface area contributed by atoms with E-state index in [0.717, 1.165) is 38.9 Å². The van der Waals surface area contributed by atoms with E-state index in [1.165, 1.54) is 17.8 Å². The van der Waals surface area contributed by atoms with Crippen molar-refractivity contribution in [2.24, 2.45) is 11.8 Å². The molecule has 1 saturated carbocycles. The van der Waals surface area contributed by atoms with Crippen molar-refractivity contribution in [2.75, 3.05) is 19.6 Å². The number of fused-ring (bicyclic) bond motifs is 1. The number of aromatic nitrogens is 1. The lowest BCUT2D eigenvalue weighted by molar-refractivity contribution is 0.184. The molecule has 3 atom stereocenters. The quantitative estimate of drug-likeness (QED) is 0.906. The molecule has 1 aromatic heterocycles. The zero-order chi connectivity index (χ0) is 17.2. The van der Waals surface area contributed by atoms with E-state index in [0.29, 0.717) is 23.3 Å². The van der Waals surface area contributed by atoms with Gasteiger partial charge in [0.1, 0.15) is 17.3 Å². The highest BCUT2D eigenvalue weighted by molar-refractivity contribution is 5.26. The fraction of sp³-hybridized carbons (Fsp3) is 0.450. The third-order valence-corrected chi connectivity index (χ3v) is 5.42. The molecule has 2 fully saturated rings. The molecule has 1 aromatic carbocycles. The number of phenols is 1. The van der Waals surface area contributed by atoms with Crippen LogP contribution in [0, 0.1) is 17.7 Å². The molecule has 132 valence electrons. The Kier molecular flexibility index (Phi) is 4.57. The van der Waals surface area contributed by atoms with Gasteiger partial charge in [-0.05, 0) is 48.8 Å². The Morgan fingerprint density at radius 3 is 2.52 bits per heavy atom. The molecule has 1 saturated heterocycles. The molecule has 2 heterocycles. The fourth-order valence-corrected chi connectivity index (χ4v) is 4.22. The van der Waals surface area contributed by atoms with Gasteiger partial charge in [-0.2, -0.15) is 0 Å². The van der Waals surface area contributed by atoms with Crippen LogP contribution in [0.1, 0.15) is 18.4 Å². The van der Waals surface area contributed by atoms with E-state index in [1.54, 1.807) is 18.3 Å². The van der Waals surface area contributed by atoms with Crippen LogP contribution in [0.25, 0.3) is 0 Å². The van der Waals surface area contributed by atoms with E-state index in [1.807, 2.05) is 12.1 Å². The summed E-state index contributed by atoms with van der Waals surface area (Å²) in [6, 6.07) is 8.88. The number of benzene rings is 1. The van der Waals surface area contributed by atoms with Crippen molar-refractivity contribution in [2.45, 2.75) is 25.4 Å². The Morgan fingerprint density at radius 2 is 1.84 bits per heavy atom. The van der Waals surface area contributed by atoms with E-state index in [9.17, 15) is 9.50 Å². The van der Waals surface area contributed by atoms with E-state index >= 15 is 0 Å². The first-order valence-electron chi connectivity index (χ1n) is 8.93. The van der Waals surface area contributed by atoms with Gasteiger partial charge in [-0.3, -0.25) is 4.98 Å². The van der Waals surface area contributed by atoms with Gasteiger partial charge in [0.25, 0.3) is 0 Å². The Labute approximate surface area is 147 Å². The molecule has 2 aliphatic rings. The molecule has 2 aromatic rings. The lowest BCUT2D eigenvalue weighted by Gasteiger charge is -2.19. The molecule has 0 bridgehead atoms. The third kappa shape index (κ3) is 3.93. The Hall–Kier alpha value is -2.14. The minimum atomic E-state index is -0.351. The van der Waals surface area contributed by atoms with Crippen LogP contribution >= 0.6 is 0 Å². The summed E-state index contributed by atoms with van der Waals surface area (Å²) in [4.78, 5) is 6.38. The molecule has 1 aliphatic heterocycles. The molecule has 0 radical (unpaired) electrons. The summed E-state index contributed by atoms with van der Waals surface area (Å²) in [7, 11) is 0. The molecule has 0 spiro atoms. The summed E-state index contributed by atoms with van der Waals surface area (Å²) in [5.74, 6) is 1.85. The smallest absolute Gasteiger partial charge is 0.145 e. The second kappa shape index (κ2) is 7.00. The zero-order valence-electron chi connectivity index (χ0n) is 14.1. The van der Waals surface area contributed by atoms with Crippen molar-refractivity contribution in [3.05, 3.63) is 54.1 Å². The van der Waals surface area contributed by atoms with Crippen molar-refractivity contribution in [1.29, 1.82) is 0 Å². The van der Waals surface area contributed by atoms with Gasteiger partial charge in [0, 0.05) is 25.7 Å². The summed E-state index contributed by atoms with van der Waals surface area (Å²) in [5, 5.41) is 9.34.